The van der Waals surface area contributed by atoms with Gasteiger partial charge in [-0.2, -0.15) is 4.39 Å². The molecule has 12 heteroatoms. The van der Waals surface area contributed by atoms with Gasteiger partial charge in [0.05, 0.1) is 11.7 Å². The normalized spacial score (nSPS) is 16.9. The van der Waals surface area contributed by atoms with Crippen LogP contribution in [0.1, 0.15) is 40.6 Å². The molecule has 0 radical (unpaired) electrons. The minimum atomic E-state index is -0.554. The topological polar surface area (TPSA) is 113 Å². The van der Waals surface area contributed by atoms with Crippen LogP contribution < -0.4 is 20.9 Å². The smallest absolute Gasteiger partial charge is 0.411 e. The van der Waals surface area contributed by atoms with Gasteiger partial charge in [0, 0.05) is 55.3 Å². The molecular weight excluding hydrogens is 533 g/mol. The van der Waals surface area contributed by atoms with Crippen molar-refractivity contribution in [2.24, 2.45) is 0 Å². The van der Waals surface area contributed by atoms with E-state index >= 15 is 0 Å². The molecule has 0 aliphatic carbocycles. The quantitative estimate of drug-likeness (QED) is 0.269. The van der Waals surface area contributed by atoms with E-state index in [2.05, 4.69) is 25.8 Å². The van der Waals surface area contributed by atoms with Crippen LogP contribution in [-0.2, 0) is 11.3 Å². The van der Waals surface area contributed by atoms with Crippen molar-refractivity contribution in [1.82, 2.24) is 19.9 Å². The highest BCUT2D eigenvalue weighted by molar-refractivity contribution is 7.14. The van der Waals surface area contributed by atoms with Crippen LogP contribution in [0.5, 0.6) is 0 Å². The van der Waals surface area contributed by atoms with Gasteiger partial charge in [-0.25, -0.2) is 14.8 Å². The number of halogens is 1. The first-order chi connectivity index (χ1) is 19.5. The van der Waals surface area contributed by atoms with E-state index in [-0.39, 0.29) is 18.1 Å². The summed E-state index contributed by atoms with van der Waals surface area (Å²) in [5.41, 5.74) is 3.78. The molecule has 0 saturated carbocycles. The second-order valence-electron chi connectivity index (χ2n) is 9.75. The highest BCUT2D eigenvalue weighted by Crippen LogP contribution is 2.37. The number of rotatable bonds is 8. The van der Waals surface area contributed by atoms with E-state index < -0.39 is 12.0 Å². The Morgan fingerprint density at radius 3 is 2.77 bits per heavy atom. The predicted octanol–water partition coefficient (Wildman–Crippen LogP) is 4.64. The van der Waals surface area contributed by atoms with Crippen molar-refractivity contribution in [2.45, 2.75) is 31.5 Å². The molecule has 2 fully saturated rings. The van der Waals surface area contributed by atoms with Gasteiger partial charge in [0.25, 0.3) is 5.91 Å². The molecule has 0 unspecified atom stereocenters. The lowest BCUT2D eigenvalue weighted by atomic mass is 10.1. The van der Waals surface area contributed by atoms with Crippen LogP contribution in [0.2, 0.25) is 0 Å². The standard InChI is InChI=1S/C28H28FN7O3S/c29-25-13-18(9-10-31-25)16-35-11-1-4-24(35)26(37)34-27-33-22(17-40-27)23-3-2-12-36(23)20-7-5-19(6-8-20)32-28(38)39-21-14-30-15-21/h1,4-11,13,17,21,23,30H,2-3,12,14-16H2,(H,32,38)(H,33,34,37)/t23-/m1/s1. The van der Waals surface area contributed by atoms with Crippen LogP contribution in [0.4, 0.5) is 25.7 Å². The van der Waals surface area contributed by atoms with Crippen molar-refractivity contribution in [3.63, 3.8) is 0 Å². The molecule has 3 aromatic heterocycles. The molecule has 1 atom stereocenters. The number of thiazole rings is 1. The number of hydrogen-bond donors (Lipinski definition) is 3. The zero-order valence-corrected chi connectivity index (χ0v) is 22.4. The molecule has 4 aromatic rings. The second kappa shape index (κ2) is 11.4. The molecule has 0 bridgehead atoms. The monoisotopic (exact) mass is 561 g/mol. The highest BCUT2D eigenvalue weighted by atomic mass is 32.1. The summed E-state index contributed by atoms with van der Waals surface area (Å²) in [6.07, 6.45) is 4.65. The number of benzene rings is 1. The summed E-state index contributed by atoms with van der Waals surface area (Å²) >= 11 is 1.39. The van der Waals surface area contributed by atoms with Crippen molar-refractivity contribution >= 4 is 39.8 Å². The molecule has 2 aliphatic rings. The average molecular weight is 562 g/mol. The number of pyridine rings is 1. The zero-order chi connectivity index (χ0) is 27.5. The fraction of sp³-hybridized carbons (Fsp3) is 0.286. The van der Waals surface area contributed by atoms with Crippen LogP contribution in [0, 0.1) is 5.95 Å². The summed E-state index contributed by atoms with van der Waals surface area (Å²) in [6.45, 7) is 2.61. The maximum atomic E-state index is 13.5. The van der Waals surface area contributed by atoms with Gasteiger partial charge in [-0.1, -0.05) is 0 Å². The van der Waals surface area contributed by atoms with E-state index in [0.29, 0.717) is 41.7 Å². The Hall–Kier alpha value is -4.29. The number of anilines is 3. The highest BCUT2D eigenvalue weighted by Gasteiger charge is 2.29. The summed E-state index contributed by atoms with van der Waals surface area (Å²) in [7, 11) is 0. The van der Waals surface area contributed by atoms with Crippen molar-refractivity contribution in [1.29, 1.82) is 0 Å². The fourth-order valence-electron chi connectivity index (χ4n) is 4.92. The van der Waals surface area contributed by atoms with Gasteiger partial charge in [-0.05, 0) is 66.9 Å². The van der Waals surface area contributed by atoms with Crippen LogP contribution in [0.15, 0.2) is 66.3 Å². The van der Waals surface area contributed by atoms with Crippen molar-refractivity contribution in [2.75, 3.05) is 35.2 Å². The molecule has 2 aliphatic heterocycles. The first kappa shape index (κ1) is 26.0. The molecule has 5 heterocycles. The van der Waals surface area contributed by atoms with E-state index in [1.165, 1.54) is 23.6 Å². The lowest BCUT2D eigenvalue weighted by molar-refractivity contribution is 0.0778. The van der Waals surface area contributed by atoms with E-state index in [4.69, 9.17) is 9.72 Å². The number of aromatic nitrogens is 3. The number of amides is 2. The predicted molar refractivity (Wildman–Crippen MR) is 150 cm³/mol. The van der Waals surface area contributed by atoms with Crippen molar-refractivity contribution in [3.05, 3.63) is 89.2 Å². The first-order valence-corrected chi connectivity index (χ1v) is 14.0. The van der Waals surface area contributed by atoms with E-state index in [9.17, 15) is 14.0 Å². The Morgan fingerprint density at radius 2 is 2.00 bits per heavy atom. The minimum absolute atomic E-state index is 0.0686. The Bertz CT molecular complexity index is 1500. The summed E-state index contributed by atoms with van der Waals surface area (Å²) in [5, 5.41) is 11.3. The van der Waals surface area contributed by atoms with Crippen LogP contribution in [-0.4, -0.2) is 52.3 Å². The number of nitrogens with zero attached hydrogens (tertiary/aromatic N) is 4. The number of ether oxygens (including phenoxy) is 1. The largest absolute Gasteiger partial charge is 0.443 e. The van der Waals surface area contributed by atoms with Crippen molar-refractivity contribution < 1.29 is 18.7 Å². The van der Waals surface area contributed by atoms with Crippen LogP contribution >= 0.6 is 11.3 Å². The third-order valence-corrected chi connectivity index (χ3v) is 7.78. The molecule has 10 nitrogen and oxygen atoms in total. The molecule has 3 N–H and O–H groups in total. The molecule has 1 aromatic carbocycles. The van der Waals surface area contributed by atoms with Gasteiger partial charge in [0.15, 0.2) is 5.13 Å². The Morgan fingerprint density at radius 1 is 1.15 bits per heavy atom. The summed E-state index contributed by atoms with van der Waals surface area (Å²) in [4.78, 5) is 35.7. The first-order valence-electron chi connectivity index (χ1n) is 13.1. The number of nitrogens with one attached hydrogen (secondary N) is 3. The summed E-state index contributed by atoms with van der Waals surface area (Å²) < 4.78 is 20.6. The molecule has 0 spiro atoms. The van der Waals surface area contributed by atoms with Gasteiger partial charge in [-0.3, -0.25) is 15.4 Å². The Kier molecular flexibility index (Phi) is 7.43. The van der Waals surface area contributed by atoms with Crippen molar-refractivity contribution in [3.8, 4) is 0 Å². The van der Waals surface area contributed by atoms with E-state index in [1.807, 2.05) is 29.6 Å². The SMILES string of the molecule is O=C(Nc1ccc(N2CCC[C@@H]2c2csc(NC(=O)c3cccn3Cc3ccnc(F)c3)n2)cc1)OC1CNC1. The third kappa shape index (κ3) is 5.82. The maximum Gasteiger partial charge on any atom is 0.411 e. The molecular formula is C28H28FN7O3S. The Balaban J connectivity index is 1.08. The number of hydrogen-bond acceptors (Lipinski definition) is 8. The lowest BCUT2D eigenvalue weighted by Crippen LogP contribution is -2.49. The number of carbonyl (C=O) groups excluding carboxylic acids is 2. The lowest BCUT2D eigenvalue weighted by Gasteiger charge is -2.27. The Labute approximate surface area is 234 Å². The summed E-state index contributed by atoms with van der Waals surface area (Å²) in [6, 6.07) is 14.4. The zero-order valence-electron chi connectivity index (χ0n) is 21.5. The van der Waals surface area contributed by atoms with Crippen LogP contribution in [0.25, 0.3) is 0 Å². The molecule has 2 saturated heterocycles. The minimum Gasteiger partial charge on any atom is -0.443 e. The molecule has 206 valence electrons. The van der Waals surface area contributed by atoms with Gasteiger partial charge in [0.1, 0.15) is 11.8 Å². The molecule has 6 rings (SSSR count). The average Bonchev–Trinajstić information content (AvgIpc) is 3.68. The third-order valence-electron chi connectivity index (χ3n) is 7.01. The van der Waals surface area contributed by atoms with Gasteiger partial charge < -0.3 is 19.5 Å². The van der Waals surface area contributed by atoms with Gasteiger partial charge in [0.2, 0.25) is 5.95 Å². The van der Waals surface area contributed by atoms with Gasteiger partial charge in [-0.15, -0.1) is 11.3 Å². The van der Waals surface area contributed by atoms with E-state index in [1.54, 1.807) is 29.0 Å². The van der Waals surface area contributed by atoms with Gasteiger partial charge >= 0.3 is 6.09 Å². The molecule has 2 amide bonds. The maximum absolute atomic E-state index is 13.5. The molecule has 40 heavy (non-hydrogen) atoms. The van der Waals surface area contributed by atoms with E-state index in [0.717, 1.165) is 30.8 Å². The fourth-order valence-corrected chi connectivity index (χ4v) is 5.67. The summed E-state index contributed by atoms with van der Waals surface area (Å²) in [5.74, 6) is -0.833. The van der Waals surface area contributed by atoms with Crippen LogP contribution in [0.3, 0.4) is 0 Å². The number of carbonyl (C=O) groups is 2. The second-order valence-corrected chi connectivity index (χ2v) is 10.6.